The molecule has 1 aliphatic rings. The van der Waals surface area contributed by atoms with Gasteiger partial charge >= 0.3 is 0 Å². The molecule has 2 amide bonds. The summed E-state index contributed by atoms with van der Waals surface area (Å²) >= 11 is 7.25. The van der Waals surface area contributed by atoms with E-state index in [1.807, 2.05) is 6.92 Å². The van der Waals surface area contributed by atoms with Crippen LogP contribution in [0.4, 0.5) is 5.13 Å². The number of anilines is 1. The van der Waals surface area contributed by atoms with Gasteiger partial charge in [0.25, 0.3) is 11.8 Å². The molecule has 11 nitrogen and oxygen atoms in total. The highest BCUT2D eigenvalue weighted by Gasteiger charge is 2.22. The number of imidazole rings is 1. The normalized spacial score (nSPS) is 15.3. The molecule has 2 N–H and O–H groups in total. The molecule has 0 saturated carbocycles. The Balaban J connectivity index is 1.38. The molecular formula is C22H20ClN7O4S. The van der Waals surface area contributed by atoms with Gasteiger partial charge in [0.2, 0.25) is 10.1 Å². The van der Waals surface area contributed by atoms with Crippen LogP contribution in [0.2, 0.25) is 5.15 Å². The molecule has 0 unspecified atom stereocenters. The lowest BCUT2D eigenvalue weighted by Crippen LogP contribution is -2.35. The van der Waals surface area contributed by atoms with Crippen molar-refractivity contribution in [1.82, 2.24) is 29.9 Å². The average molecular weight is 514 g/mol. The molecule has 1 aliphatic heterocycles. The first-order valence-corrected chi connectivity index (χ1v) is 11.8. The van der Waals surface area contributed by atoms with Crippen LogP contribution in [0.5, 0.6) is 5.75 Å². The molecule has 0 spiro atoms. The zero-order valence-corrected chi connectivity index (χ0v) is 20.3. The molecular weight excluding hydrogens is 494 g/mol. The van der Waals surface area contributed by atoms with E-state index in [0.717, 1.165) is 17.8 Å². The van der Waals surface area contributed by atoms with E-state index in [-0.39, 0.29) is 22.8 Å². The topological polar surface area (TPSA) is 133 Å². The van der Waals surface area contributed by atoms with E-state index in [2.05, 4.69) is 30.7 Å². The zero-order chi connectivity index (χ0) is 24.5. The fraction of sp³-hybridized carbons (Fsp3) is 0.273. The predicted octanol–water partition coefficient (Wildman–Crippen LogP) is 2.99. The van der Waals surface area contributed by atoms with Gasteiger partial charge in [0, 0.05) is 29.6 Å². The van der Waals surface area contributed by atoms with Crippen molar-refractivity contribution in [3.8, 4) is 16.9 Å². The number of rotatable bonds is 6. The number of carbonyl (C=O) groups is 2. The molecule has 0 aromatic carbocycles. The summed E-state index contributed by atoms with van der Waals surface area (Å²) < 4.78 is 12.2. The third-order valence-electron chi connectivity index (χ3n) is 5.39. The number of halogens is 1. The highest BCUT2D eigenvalue weighted by Crippen LogP contribution is 2.34. The highest BCUT2D eigenvalue weighted by atomic mass is 35.5. The van der Waals surface area contributed by atoms with Gasteiger partial charge in [-0.2, -0.15) is 0 Å². The lowest BCUT2D eigenvalue weighted by molar-refractivity contribution is 0.0924. The van der Waals surface area contributed by atoms with Crippen molar-refractivity contribution < 1.29 is 19.1 Å². The third kappa shape index (κ3) is 4.81. The number of carbonyl (C=O) groups excluding carboxylic acids is 2. The summed E-state index contributed by atoms with van der Waals surface area (Å²) in [7, 11) is 1.52. The number of hydrogen-bond acceptors (Lipinski definition) is 9. The molecule has 13 heteroatoms. The van der Waals surface area contributed by atoms with Gasteiger partial charge in [-0.3, -0.25) is 19.9 Å². The van der Waals surface area contributed by atoms with Crippen LogP contribution in [0.3, 0.4) is 0 Å². The van der Waals surface area contributed by atoms with Gasteiger partial charge in [0.1, 0.15) is 16.6 Å². The standard InChI is InChI=1S/C22H20ClN7O4S/c1-11-5-13(14-6-18(23)25-8-17(14)33-2)15(7-24-11)19(31)28-21-29-30-9-16(27-22(30)35-21)20(32)26-12-3-4-34-10-12/h5-9,12H,3-4,10H2,1-2H3,(H,26,32)(H,28,29,31)/t12-/m0/s1. The zero-order valence-electron chi connectivity index (χ0n) is 18.7. The molecule has 180 valence electrons. The van der Waals surface area contributed by atoms with E-state index >= 15 is 0 Å². The lowest BCUT2D eigenvalue weighted by Gasteiger charge is -2.13. The highest BCUT2D eigenvalue weighted by molar-refractivity contribution is 7.20. The second kappa shape index (κ2) is 9.56. The fourth-order valence-corrected chi connectivity index (χ4v) is 4.62. The van der Waals surface area contributed by atoms with Gasteiger partial charge in [-0.15, -0.1) is 5.10 Å². The van der Waals surface area contributed by atoms with E-state index in [0.29, 0.717) is 51.4 Å². The van der Waals surface area contributed by atoms with Gasteiger partial charge < -0.3 is 14.8 Å². The molecule has 0 aliphatic carbocycles. The van der Waals surface area contributed by atoms with Gasteiger partial charge in [0.15, 0.2) is 0 Å². The summed E-state index contributed by atoms with van der Waals surface area (Å²) in [6.45, 7) is 2.95. The molecule has 0 radical (unpaired) electrons. The first-order chi connectivity index (χ1) is 16.9. The van der Waals surface area contributed by atoms with Crippen LogP contribution < -0.4 is 15.4 Å². The van der Waals surface area contributed by atoms with Crippen molar-refractivity contribution in [2.24, 2.45) is 0 Å². The third-order valence-corrected chi connectivity index (χ3v) is 6.44. The largest absolute Gasteiger partial charge is 0.494 e. The molecule has 5 rings (SSSR count). The van der Waals surface area contributed by atoms with E-state index < -0.39 is 5.91 Å². The maximum Gasteiger partial charge on any atom is 0.271 e. The number of pyridine rings is 2. The first-order valence-electron chi connectivity index (χ1n) is 10.6. The van der Waals surface area contributed by atoms with Crippen LogP contribution in [0.25, 0.3) is 16.1 Å². The number of ether oxygens (including phenoxy) is 2. The molecule has 35 heavy (non-hydrogen) atoms. The predicted molar refractivity (Wildman–Crippen MR) is 129 cm³/mol. The van der Waals surface area contributed by atoms with Crippen molar-refractivity contribution in [2.75, 3.05) is 25.6 Å². The molecule has 5 heterocycles. The molecule has 0 bridgehead atoms. The van der Waals surface area contributed by atoms with Crippen LogP contribution in [0.15, 0.2) is 30.7 Å². The summed E-state index contributed by atoms with van der Waals surface area (Å²) in [6.07, 6.45) is 5.28. The van der Waals surface area contributed by atoms with Crippen molar-refractivity contribution in [1.29, 1.82) is 0 Å². The minimum absolute atomic E-state index is 0.0174. The summed E-state index contributed by atoms with van der Waals surface area (Å²) in [5.74, 6) is -0.237. The summed E-state index contributed by atoms with van der Waals surface area (Å²) in [5.41, 5.74) is 2.48. The summed E-state index contributed by atoms with van der Waals surface area (Å²) in [4.78, 5) is 38.7. The second-order valence-electron chi connectivity index (χ2n) is 7.83. The number of hydrogen-bond donors (Lipinski definition) is 2. The van der Waals surface area contributed by atoms with E-state index in [1.54, 1.807) is 12.1 Å². The lowest BCUT2D eigenvalue weighted by atomic mass is 10.0. The molecule has 4 aromatic rings. The Bertz CT molecular complexity index is 1400. The van der Waals surface area contributed by atoms with Gasteiger partial charge in [-0.05, 0) is 25.5 Å². The minimum atomic E-state index is -0.418. The number of nitrogens with zero attached hydrogens (tertiary/aromatic N) is 5. The summed E-state index contributed by atoms with van der Waals surface area (Å²) in [6, 6.07) is 3.39. The Morgan fingerprint density at radius 1 is 1.23 bits per heavy atom. The Morgan fingerprint density at radius 2 is 2.09 bits per heavy atom. The second-order valence-corrected chi connectivity index (χ2v) is 9.17. The molecule has 1 saturated heterocycles. The van der Waals surface area contributed by atoms with Crippen LogP contribution >= 0.6 is 22.9 Å². The van der Waals surface area contributed by atoms with Crippen molar-refractivity contribution in [3.63, 3.8) is 0 Å². The maximum absolute atomic E-state index is 13.2. The average Bonchev–Trinajstić information content (AvgIpc) is 3.56. The van der Waals surface area contributed by atoms with Gasteiger partial charge in [-0.25, -0.2) is 14.5 Å². The molecule has 1 fully saturated rings. The smallest absolute Gasteiger partial charge is 0.271 e. The fourth-order valence-electron chi connectivity index (χ4n) is 3.69. The van der Waals surface area contributed by atoms with Crippen molar-refractivity contribution >= 4 is 44.8 Å². The Hall–Kier alpha value is -3.61. The first kappa shape index (κ1) is 23.1. The number of nitrogens with one attached hydrogen (secondary N) is 2. The van der Waals surface area contributed by atoms with Crippen molar-refractivity contribution in [3.05, 3.63) is 52.8 Å². The monoisotopic (exact) mass is 513 g/mol. The molecule has 4 aromatic heterocycles. The number of amides is 2. The van der Waals surface area contributed by atoms with Crippen LogP contribution in [0.1, 0.15) is 33.0 Å². The van der Waals surface area contributed by atoms with E-state index in [9.17, 15) is 9.59 Å². The SMILES string of the molecule is COc1cnc(Cl)cc1-c1cc(C)ncc1C(=O)Nc1nn2cc(C(=O)N[C@H]3CCOC3)nc2s1. The minimum Gasteiger partial charge on any atom is -0.494 e. The number of aryl methyl sites for hydroxylation is 1. The Kier molecular flexibility index (Phi) is 6.32. The number of methoxy groups -OCH3 is 1. The Labute approximate surface area is 208 Å². The van der Waals surface area contributed by atoms with Crippen LogP contribution in [-0.4, -0.2) is 62.7 Å². The van der Waals surface area contributed by atoms with E-state index in [4.69, 9.17) is 21.1 Å². The Morgan fingerprint density at radius 3 is 2.83 bits per heavy atom. The van der Waals surface area contributed by atoms with Crippen molar-refractivity contribution in [2.45, 2.75) is 19.4 Å². The number of aromatic nitrogens is 5. The van der Waals surface area contributed by atoms with Gasteiger partial charge in [-0.1, -0.05) is 22.9 Å². The maximum atomic E-state index is 13.2. The van der Waals surface area contributed by atoms with Gasteiger partial charge in [0.05, 0.1) is 37.7 Å². The van der Waals surface area contributed by atoms with Crippen LogP contribution in [-0.2, 0) is 4.74 Å². The van der Waals surface area contributed by atoms with E-state index in [1.165, 1.54) is 30.2 Å². The molecule has 1 atom stereocenters. The quantitative estimate of drug-likeness (QED) is 0.376. The van der Waals surface area contributed by atoms with Crippen LogP contribution in [0, 0.1) is 6.92 Å². The summed E-state index contributed by atoms with van der Waals surface area (Å²) in [5, 5.41) is 10.6. The number of fused-ring (bicyclic) bond motifs is 1.